The van der Waals surface area contributed by atoms with Crippen molar-refractivity contribution in [2.75, 3.05) is 5.75 Å². The average molecular weight is 218 g/mol. The fourth-order valence-corrected chi connectivity index (χ4v) is 2.25. The Morgan fingerprint density at radius 3 is 1.77 bits per heavy atom. The molecule has 0 spiro atoms. The third-order valence-corrected chi connectivity index (χ3v) is 2.59. The van der Waals surface area contributed by atoms with Crippen molar-refractivity contribution in [3.8, 4) is 0 Å². The summed E-state index contributed by atoms with van der Waals surface area (Å²) < 4.78 is 58.0. The Kier molecular flexibility index (Phi) is 3.78. The Labute approximate surface area is 76.3 Å². The van der Waals surface area contributed by atoms with Crippen molar-refractivity contribution < 1.29 is 21.1 Å². The van der Waals surface area contributed by atoms with Gasteiger partial charge in [0.25, 0.3) is 0 Å². The highest BCUT2D eigenvalue weighted by atomic mass is 32.3. The zero-order valence-electron chi connectivity index (χ0n) is 7.72. The summed E-state index contributed by atoms with van der Waals surface area (Å²) >= 11 is 0. The third-order valence-electron chi connectivity index (χ3n) is 1.83. The molecule has 0 saturated carbocycles. The second kappa shape index (κ2) is 3.86. The molecule has 0 aliphatic carbocycles. The summed E-state index contributed by atoms with van der Waals surface area (Å²) in [7, 11) is -4.83. The Balaban J connectivity index is 4.66. The predicted octanol–water partition coefficient (Wildman–Crippen LogP) is 2.21. The maximum Gasteiger partial charge on any atom is 0.302 e. The fourth-order valence-electron chi connectivity index (χ4n) is 1.14. The standard InChI is InChI=1S/C7H13F3O2S/c1-5(2)6(7(3,8)9)4-13(10,11)12/h5-6H,4H2,1-3H3. The molecule has 80 valence electrons. The van der Waals surface area contributed by atoms with Crippen molar-refractivity contribution in [1.29, 1.82) is 0 Å². The molecule has 1 atom stereocenters. The molecule has 0 amide bonds. The monoisotopic (exact) mass is 218 g/mol. The third kappa shape index (κ3) is 5.13. The lowest BCUT2D eigenvalue weighted by atomic mass is 9.92. The molecule has 0 aromatic carbocycles. The van der Waals surface area contributed by atoms with Crippen LogP contribution in [0.5, 0.6) is 0 Å². The normalized spacial score (nSPS) is 16.2. The van der Waals surface area contributed by atoms with E-state index in [2.05, 4.69) is 0 Å². The maximum atomic E-state index is 12.7. The van der Waals surface area contributed by atoms with E-state index < -0.39 is 33.7 Å². The van der Waals surface area contributed by atoms with Crippen LogP contribution in [-0.4, -0.2) is 20.1 Å². The van der Waals surface area contributed by atoms with Crippen molar-refractivity contribution in [1.82, 2.24) is 0 Å². The Morgan fingerprint density at radius 1 is 1.31 bits per heavy atom. The van der Waals surface area contributed by atoms with Crippen LogP contribution in [0.1, 0.15) is 20.8 Å². The molecule has 2 nitrogen and oxygen atoms in total. The van der Waals surface area contributed by atoms with E-state index in [1.165, 1.54) is 13.8 Å². The first-order valence-corrected chi connectivity index (χ1v) is 5.39. The number of hydrogen-bond donors (Lipinski definition) is 0. The van der Waals surface area contributed by atoms with Crippen LogP contribution in [0.3, 0.4) is 0 Å². The minimum atomic E-state index is -4.83. The van der Waals surface area contributed by atoms with Crippen LogP contribution < -0.4 is 0 Å². The molecule has 13 heavy (non-hydrogen) atoms. The van der Waals surface area contributed by atoms with Gasteiger partial charge in [-0.25, -0.2) is 8.78 Å². The summed E-state index contributed by atoms with van der Waals surface area (Å²) in [5, 5.41) is 0. The van der Waals surface area contributed by atoms with Gasteiger partial charge in [0.15, 0.2) is 0 Å². The van der Waals surface area contributed by atoms with Gasteiger partial charge in [-0.2, -0.15) is 8.42 Å². The molecular weight excluding hydrogens is 205 g/mol. The number of halogens is 3. The highest BCUT2D eigenvalue weighted by Gasteiger charge is 2.39. The van der Waals surface area contributed by atoms with Crippen molar-refractivity contribution in [2.24, 2.45) is 11.8 Å². The average Bonchev–Trinajstić information content (AvgIpc) is 1.77. The summed E-state index contributed by atoms with van der Waals surface area (Å²) in [4.78, 5) is 0. The van der Waals surface area contributed by atoms with Crippen molar-refractivity contribution >= 4 is 10.2 Å². The minimum absolute atomic E-state index is 0.578. The molecule has 0 aromatic rings. The smallest absolute Gasteiger partial charge is 0.207 e. The van der Waals surface area contributed by atoms with E-state index in [1.807, 2.05) is 0 Å². The largest absolute Gasteiger partial charge is 0.302 e. The highest BCUT2D eigenvalue weighted by molar-refractivity contribution is 7.86. The summed E-state index contributed by atoms with van der Waals surface area (Å²) in [6, 6.07) is 0. The lowest BCUT2D eigenvalue weighted by Gasteiger charge is -2.25. The molecule has 0 rings (SSSR count). The van der Waals surface area contributed by atoms with E-state index in [1.54, 1.807) is 0 Å². The molecule has 1 unspecified atom stereocenters. The van der Waals surface area contributed by atoms with E-state index >= 15 is 0 Å². The van der Waals surface area contributed by atoms with Crippen LogP contribution in [-0.2, 0) is 10.2 Å². The molecule has 0 N–H and O–H groups in total. The Bertz CT molecular complexity index is 253. The summed E-state index contributed by atoms with van der Waals surface area (Å²) in [6.07, 6.45) is 0. The van der Waals surface area contributed by atoms with E-state index in [4.69, 9.17) is 0 Å². The second-order valence-corrected chi connectivity index (χ2v) is 4.92. The van der Waals surface area contributed by atoms with Gasteiger partial charge in [-0.05, 0) is 12.8 Å². The van der Waals surface area contributed by atoms with Crippen molar-refractivity contribution in [3.63, 3.8) is 0 Å². The Hall–Kier alpha value is -0.260. The first-order chi connectivity index (χ1) is 5.54. The van der Waals surface area contributed by atoms with E-state index in [-0.39, 0.29) is 0 Å². The number of rotatable bonds is 4. The highest BCUT2D eigenvalue weighted by Crippen LogP contribution is 2.31. The fraction of sp³-hybridized carbons (Fsp3) is 1.00. The summed E-state index contributed by atoms with van der Waals surface area (Å²) in [5.74, 6) is -6.34. The zero-order valence-corrected chi connectivity index (χ0v) is 8.54. The molecule has 0 aromatic heterocycles. The maximum absolute atomic E-state index is 12.7. The zero-order chi connectivity index (χ0) is 10.9. The summed E-state index contributed by atoms with van der Waals surface area (Å²) in [5.41, 5.74) is 0. The van der Waals surface area contributed by atoms with Gasteiger partial charge in [0.05, 0.1) is 5.75 Å². The van der Waals surface area contributed by atoms with Crippen molar-refractivity contribution in [3.05, 3.63) is 0 Å². The lowest BCUT2D eigenvalue weighted by Crippen LogP contribution is -2.34. The van der Waals surface area contributed by atoms with E-state index in [9.17, 15) is 21.1 Å². The van der Waals surface area contributed by atoms with Gasteiger partial charge in [-0.3, -0.25) is 0 Å². The van der Waals surface area contributed by atoms with Crippen LogP contribution in [0.4, 0.5) is 12.7 Å². The summed E-state index contributed by atoms with van der Waals surface area (Å²) in [6.45, 7) is 3.48. The lowest BCUT2D eigenvalue weighted by molar-refractivity contribution is -0.0482. The molecule has 0 heterocycles. The van der Waals surface area contributed by atoms with E-state index in [0.29, 0.717) is 6.92 Å². The first kappa shape index (κ1) is 12.7. The number of hydrogen-bond acceptors (Lipinski definition) is 2. The topological polar surface area (TPSA) is 34.1 Å². The van der Waals surface area contributed by atoms with Gasteiger partial charge in [-0.1, -0.05) is 13.8 Å². The molecule has 0 bridgehead atoms. The van der Waals surface area contributed by atoms with Crippen LogP contribution in [0.2, 0.25) is 0 Å². The van der Waals surface area contributed by atoms with E-state index in [0.717, 1.165) is 0 Å². The molecule has 0 fully saturated rings. The molecule has 0 saturated heterocycles. The van der Waals surface area contributed by atoms with Crippen LogP contribution in [0.25, 0.3) is 0 Å². The molecule has 0 radical (unpaired) electrons. The first-order valence-electron chi connectivity index (χ1n) is 3.84. The van der Waals surface area contributed by atoms with Gasteiger partial charge in [0.1, 0.15) is 0 Å². The second-order valence-electron chi connectivity index (χ2n) is 3.51. The van der Waals surface area contributed by atoms with Crippen LogP contribution >= 0.6 is 0 Å². The predicted molar refractivity (Wildman–Crippen MR) is 43.8 cm³/mol. The Morgan fingerprint density at radius 2 is 1.69 bits per heavy atom. The SMILES string of the molecule is CC(C)C(CS(=O)(=O)F)C(C)(F)F. The van der Waals surface area contributed by atoms with Gasteiger partial charge in [0, 0.05) is 5.92 Å². The molecular formula is C7H13F3O2S. The van der Waals surface area contributed by atoms with Gasteiger partial charge >= 0.3 is 10.2 Å². The minimum Gasteiger partial charge on any atom is -0.207 e. The van der Waals surface area contributed by atoms with Crippen LogP contribution in [0, 0.1) is 11.8 Å². The van der Waals surface area contributed by atoms with Crippen molar-refractivity contribution in [2.45, 2.75) is 26.7 Å². The molecule has 6 heteroatoms. The molecule has 0 aliphatic rings. The van der Waals surface area contributed by atoms with Gasteiger partial charge < -0.3 is 0 Å². The van der Waals surface area contributed by atoms with Crippen LogP contribution in [0.15, 0.2) is 0 Å². The van der Waals surface area contributed by atoms with Gasteiger partial charge in [-0.15, -0.1) is 3.89 Å². The quantitative estimate of drug-likeness (QED) is 0.678. The molecule has 0 aliphatic heterocycles. The number of alkyl halides is 2. The van der Waals surface area contributed by atoms with Gasteiger partial charge in [0.2, 0.25) is 5.92 Å².